The van der Waals surface area contributed by atoms with E-state index in [1.165, 1.54) is 24.8 Å². The van der Waals surface area contributed by atoms with Crippen LogP contribution >= 0.6 is 0 Å². The number of benzene rings is 2. The van der Waals surface area contributed by atoms with Gasteiger partial charge in [0.05, 0.1) is 5.71 Å². The Bertz CT molecular complexity index is 511. The number of rotatable bonds is 6. The van der Waals surface area contributed by atoms with Gasteiger partial charge in [-0.05, 0) is 24.0 Å². The largest absolute Gasteiger partial charge is 0.300 e. The van der Waals surface area contributed by atoms with Crippen molar-refractivity contribution in [1.29, 1.82) is 5.41 Å². The zero-order valence-electron chi connectivity index (χ0n) is 11.5. The van der Waals surface area contributed by atoms with Crippen LogP contribution in [0.25, 0.3) is 0 Å². The van der Waals surface area contributed by atoms with Crippen molar-refractivity contribution in [3.63, 3.8) is 0 Å². The molecule has 0 aliphatic heterocycles. The van der Waals surface area contributed by atoms with Crippen LogP contribution in [0.5, 0.6) is 0 Å². The van der Waals surface area contributed by atoms with E-state index in [4.69, 9.17) is 5.41 Å². The lowest BCUT2D eigenvalue weighted by Gasteiger charge is -2.06. The van der Waals surface area contributed by atoms with Crippen LogP contribution in [0.1, 0.15) is 42.9 Å². The molecule has 0 amide bonds. The fourth-order valence-corrected chi connectivity index (χ4v) is 2.19. The molecule has 0 atom stereocenters. The number of hydrogen-bond donors (Lipinski definition) is 1. The third kappa shape index (κ3) is 3.78. The zero-order chi connectivity index (χ0) is 13.5. The summed E-state index contributed by atoms with van der Waals surface area (Å²) in [5.74, 6) is 0. The first kappa shape index (κ1) is 13.5. The average molecular weight is 251 g/mol. The highest BCUT2D eigenvalue weighted by Gasteiger charge is 2.03. The fraction of sp³-hybridized carbons (Fsp3) is 0.278. The van der Waals surface area contributed by atoms with Gasteiger partial charge in [-0.15, -0.1) is 0 Å². The van der Waals surface area contributed by atoms with Crippen LogP contribution < -0.4 is 0 Å². The highest BCUT2D eigenvalue weighted by molar-refractivity contribution is 6.10. The minimum absolute atomic E-state index is 0.598. The molecule has 0 saturated heterocycles. The van der Waals surface area contributed by atoms with Gasteiger partial charge in [-0.2, -0.15) is 0 Å². The van der Waals surface area contributed by atoms with Gasteiger partial charge in [0, 0.05) is 5.56 Å². The molecule has 2 aromatic rings. The standard InChI is InChI=1S/C18H21N/c1-2-3-5-8-15-11-13-17(14-12-15)18(19)16-9-6-4-7-10-16/h4,6-7,9-14,19H,2-3,5,8H2,1H3. The van der Waals surface area contributed by atoms with Crippen molar-refractivity contribution < 1.29 is 0 Å². The Labute approximate surface area is 115 Å². The molecule has 2 aromatic carbocycles. The predicted octanol–water partition coefficient (Wildman–Crippen LogP) is 4.84. The Morgan fingerprint density at radius 2 is 1.47 bits per heavy atom. The van der Waals surface area contributed by atoms with Crippen molar-refractivity contribution in [2.45, 2.75) is 32.6 Å². The SMILES string of the molecule is CCCCCc1ccc(C(=N)c2ccccc2)cc1. The van der Waals surface area contributed by atoms with E-state index >= 15 is 0 Å². The molecule has 0 spiro atoms. The van der Waals surface area contributed by atoms with E-state index in [9.17, 15) is 0 Å². The van der Waals surface area contributed by atoms with E-state index in [-0.39, 0.29) is 0 Å². The summed E-state index contributed by atoms with van der Waals surface area (Å²) in [6.45, 7) is 2.23. The second-order valence-corrected chi connectivity index (χ2v) is 4.90. The van der Waals surface area contributed by atoms with Crippen LogP contribution in [-0.4, -0.2) is 5.71 Å². The zero-order valence-corrected chi connectivity index (χ0v) is 11.5. The normalized spacial score (nSPS) is 10.4. The minimum atomic E-state index is 0.598. The summed E-state index contributed by atoms with van der Waals surface area (Å²) in [4.78, 5) is 0. The molecular weight excluding hydrogens is 230 g/mol. The van der Waals surface area contributed by atoms with E-state index in [1.54, 1.807) is 0 Å². The summed E-state index contributed by atoms with van der Waals surface area (Å²) >= 11 is 0. The lowest BCUT2D eigenvalue weighted by Crippen LogP contribution is -2.01. The summed E-state index contributed by atoms with van der Waals surface area (Å²) in [6, 6.07) is 18.3. The molecule has 0 radical (unpaired) electrons. The van der Waals surface area contributed by atoms with Gasteiger partial charge in [-0.1, -0.05) is 74.4 Å². The second-order valence-electron chi connectivity index (χ2n) is 4.90. The van der Waals surface area contributed by atoms with Crippen molar-refractivity contribution in [3.05, 3.63) is 71.3 Å². The molecule has 1 nitrogen and oxygen atoms in total. The van der Waals surface area contributed by atoms with E-state index in [0.29, 0.717) is 5.71 Å². The van der Waals surface area contributed by atoms with E-state index in [1.807, 2.05) is 30.3 Å². The number of unbranched alkanes of at least 4 members (excludes halogenated alkanes) is 2. The van der Waals surface area contributed by atoms with Crippen molar-refractivity contribution >= 4 is 5.71 Å². The summed E-state index contributed by atoms with van der Waals surface area (Å²) in [6.07, 6.45) is 4.96. The highest BCUT2D eigenvalue weighted by atomic mass is 14.4. The molecule has 2 rings (SSSR count). The molecule has 0 heterocycles. The average Bonchev–Trinajstić information content (AvgIpc) is 2.48. The predicted molar refractivity (Wildman–Crippen MR) is 82.0 cm³/mol. The summed E-state index contributed by atoms with van der Waals surface area (Å²) in [5.41, 5.74) is 3.94. The number of nitrogens with one attached hydrogen (secondary N) is 1. The maximum Gasteiger partial charge on any atom is 0.0684 e. The van der Waals surface area contributed by atoms with Gasteiger partial charge in [-0.25, -0.2) is 0 Å². The summed E-state index contributed by atoms with van der Waals surface area (Å²) in [7, 11) is 0. The fourth-order valence-electron chi connectivity index (χ4n) is 2.19. The molecule has 1 heteroatoms. The van der Waals surface area contributed by atoms with Gasteiger partial charge in [0.15, 0.2) is 0 Å². The quantitative estimate of drug-likeness (QED) is 0.561. The molecule has 1 N–H and O–H groups in total. The van der Waals surface area contributed by atoms with Crippen LogP contribution in [0, 0.1) is 5.41 Å². The number of hydrogen-bond acceptors (Lipinski definition) is 1. The van der Waals surface area contributed by atoms with Gasteiger partial charge in [0.2, 0.25) is 0 Å². The molecule has 19 heavy (non-hydrogen) atoms. The maximum atomic E-state index is 8.21. The van der Waals surface area contributed by atoms with Crippen LogP contribution in [0.15, 0.2) is 54.6 Å². The Balaban J connectivity index is 2.04. The Kier molecular flexibility index (Phi) is 4.91. The molecule has 0 unspecified atom stereocenters. The van der Waals surface area contributed by atoms with Gasteiger partial charge in [0.25, 0.3) is 0 Å². The maximum absolute atomic E-state index is 8.21. The Morgan fingerprint density at radius 3 is 2.11 bits per heavy atom. The van der Waals surface area contributed by atoms with Crippen LogP contribution in [0.4, 0.5) is 0 Å². The molecule has 0 bridgehead atoms. The molecule has 0 aliphatic carbocycles. The van der Waals surface area contributed by atoms with Crippen molar-refractivity contribution in [3.8, 4) is 0 Å². The van der Waals surface area contributed by atoms with Crippen molar-refractivity contribution in [2.24, 2.45) is 0 Å². The van der Waals surface area contributed by atoms with Gasteiger partial charge in [0.1, 0.15) is 0 Å². The lowest BCUT2D eigenvalue weighted by atomic mass is 10.00. The number of aryl methyl sites for hydroxylation is 1. The van der Waals surface area contributed by atoms with E-state index < -0.39 is 0 Å². The third-order valence-electron chi connectivity index (χ3n) is 3.37. The van der Waals surface area contributed by atoms with E-state index in [2.05, 4.69) is 31.2 Å². The summed E-state index contributed by atoms with van der Waals surface area (Å²) < 4.78 is 0. The van der Waals surface area contributed by atoms with Gasteiger partial charge >= 0.3 is 0 Å². The molecule has 0 aromatic heterocycles. The molecule has 0 fully saturated rings. The first-order valence-electron chi connectivity index (χ1n) is 7.04. The molecular formula is C18H21N. The van der Waals surface area contributed by atoms with Crippen molar-refractivity contribution in [2.75, 3.05) is 0 Å². The lowest BCUT2D eigenvalue weighted by molar-refractivity contribution is 0.717. The third-order valence-corrected chi connectivity index (χ3v) is 3.37. The Hall–Kier alpha value is -1.89. The molecule has 0 saturated carbocycles. The van der Waals surface area contributed by atoms with E-state index in [0.717, 1.165) is 17.5 Å². The monoisotopic (exact) mass is 251 g/mol. The van der Waals surface area contributed by atoms with Crippen LogP contribution in [0.2, 0.25) is 0 Å². The minimum Gasteiger partial charge on any atom is -0.300 e. The highest BCUT2D eigenvalue weighted by Crippen LogP contribution is 2.12. The second kappa shape index (κ2) is 6.89. The van der Waals surface area contributed by atoms with Crippen LogP contribution in [-0.2, 0) is 6.42 Å². The Morgan fingerprint density at radius 1 is 0.842 bits per heavy atom. The summed E-state index contributed by atoms with van der Waals surface area (Å²) in [5, 5.41) is 8.21. The van der Waals surface area contributed by atoms with Crippen molar-refractivity contribution in [1.82, 2.24) is 0 Å². The molecule has 98 valence electrons. The van der Waals surface area contributed by atoms with Gasteiger partial charge < -0.3 is 0 Å². The first-order chi connectivity index (χ1) is 9.31. The smallest absolute Gasteiger partial charge is 0.0684 e. The van der Waals surface area contributed by atoms with Gasteiger partial charge in [-0.3, -0.25) is 5.41 Å². The molecule has 0 aliphatic rings. The van der Waals surface area contributed by atoms with Crippen LogP contribution in [0.3, 0.4) is 0 Å². The topological polar surface area (TPSA) is 23.9 Å². The first-order valence-corrected chi connectivity index (χ1v) is 7.04.